The molecule has 5 nitrogen and oxygen atoms in total. The molecule has 0 saturated heterocycles. The molecule has 0 aromatic carbocycles. The Kier molecular flexibility index (Phi) is 3.27. The third-order valence-corrected chi connectivity index (χ3v) is 3.10. The minimum absolute atomic E-state index is 0.210. The smallest absolute Gasteiger partial charge is 0.211 e. The first-order valence-electron chi connectivity index (χ1n) is 2.44. The highest BCUT2D eigenvalue weighted by Crippen LogP contribution is 2.16. The molecule has 0 unspecified atom stereocenters. The topological polar surface area (TPSA) is 80.3 Å². The molecule has 0 atom stereocenters. The highest BCUT2D eigenvalue weighted by molar-refractivity contribution is 8.02. The van der Waals surface area contributed by atoms with Crippen molar-refractivity contribution in [1.82, 2.24) is 4.13 Å². The molecule has 0 spiro atoms. The fraction of sp³-hybridized carbons (Fsp3) is 1.00. The van der Waals surface area contributed by atoms with Crippen LogP contribution in [-0.2, 0) is 20.4 Å². The van der Waals surface area contributed by atoms with E-state index in [-0.39, 0.29) is 4.13 Å². The number of sulfonamides is 1. The summed E-state index contributed by atoms with van der Waals surface area (Å²) in [6.07, 6.45) is -5.13. The maximum absolute atomic E-state index is 11.6. The van der Waals surface area contributed by atoms with Gasteiger partial charge in [0, 0.05) is 0 Å². The zero-order valence-electron chi connectivity index (χ0n) is 5.67. The fourth-order valence-corrected chi connectivity index (χ4v) is 2.28. The molecular weight excluding hydrogens is 242 g/mol. The maximum atomic E-state index is 11.6. The minimum atomic E-state index is -5.69. The van der Waals surface area contributed by atoms with Gasteiger partial charge in [0.1, 0.15) is 0 Å². The van der Waals surface area contributed by atoms with Gasteiger partial charge < -0.3 is 0 Å². The fourth-order valence-electron chi connectivity index (χ4n) is 0.397. The molecule has 0 fully saturated rings. The van der Waals surface area contributed by atoms with E-state index in [9.17, 15) is 33.9 Å². The largest absolute Gasteiger partial charge is 0.404 e. The van der Waals surface area contributed by atoms with Gasteiger partial charge in [-0.05, 0) is 0 Å². The molecule has 0 aliphatic heterocycles. The standard InChI is InChI=1S/C2H3F4NO4S2/c3-2(4,5)1-12(8,9)7-13(6,10)11/h7H,1H2. The molecule has 0 saturated carbocycles. The second-order valence-corrected chi connectivity index (χ2v) is 4.96. The van der Waals surface area contributed by atoms with Crippen LogP contribution in [0, 0.1) is 0 Å². The molecular formula is C2H3F4NO4S2. The monoisotopic (exact) mass is 245 g/mol. The van der Waals surface area contributed by atoms with Crippen molar-refractivity contribution in [2.24, 2.45) is 0 Å². The van der Waals surface area contributed by atoms with Gasteiger partial charge in [0.25, 0.3) is 0 Å². The summed E-state index contributed by atoms with van der Waals surface area (Å²) in [7, 11) is -10.9. The van der Waals surface area contributed by atoms with Crippen molar-refractivity contribution >= 4 is 20.4 Å². The van der Waals surface area contributed by atoms with Crippen molar-refractivity contribution in [1.29, 1.82) is 0 Å². The molecule has 1 N–H and O–H groups in total. The Labute approximate surface area is 71.1 Å². The van der Waals surface area contributed by atoms with E-state index in [2.05, 4.69) is 0 Å². The first kappa shape index (κ1) is 12.6. The highest BCUT2D eigenvalue weighted by Gasteiger charge is 2.37. The van der Waals surface area contributed by atoms with Crippen LogP contribution in [0.1, 0.15) is 0 Å². The molecule has 13 heavy (non-hydrogen) atoms. The Bertz CT molecular complexity index is 365. The van der Waals surface area contributed by atoms with E-state index in [0.717, 1.165) is 0 Å². The summed E-state index contributed by atoms with van der Waals surface area (Å²) in [4.78, 5) is 0. The van der Waals surface area contributed by atoms with Crippen LogP contribution in [0.4, 0.5) is 17.1 Å². The summed E-state index contributed by atoms with van der Waals surface area (Å²) in [5.41, 5.74) is 0. The molecule has 0 bridgehead atoms. The van der Waals surface area contributed by atoms with Gasteiger partial charge in [0.05, 0.1) is 0 Å². The molecule has 0 rings (SSSR count). The summed E-state index contributed by atoms with van der Waals surface area (Å²) in [6, 6.07) is 0. The second-order valence-electron chi connectivity index (χ2n) is 1.90. The predicted octanol–water partition coefficient (Wildman–Crippen LogP) is -0.318. The van der Waals surface area contributed by atoms with E-state index in [1.807, 2.05) is 0 Å². The lowest BCUT2D eigenvalue weighted by atomic mass is 10.8. The SMILES string of the molecule is O=S(=O)(F)NS(=O)(=O)CC(F)(F)F. The molecule has 0 aliphatic carbocycles. The predicted molar refractivity (Wildman–Crippen MR) is 33.0 cm³/mol. The lowest BCUT2D eigenvalue weighted by molar-refractivity contribution is -0.106. The second kappa shape index (κ2) is 3.38. The van der Waals surface area contributed by atoms with Gasteiger partial charge in [0.2, 0.25) is 10.0 Å². The van der Waals surface area contributed by atoms with Gasteiger partial charge >= 0.3 is 16.6 Å². The van der Waals surface area contributed by atoms with Crippen LogP contribution < -0.4 is 4.13 Å². The van der Waals surface area contributed by atoms with E-state index < -0.39 is 32.4 Å². The summed E-state index contributed by atoms with van der Waals surface area (Å²) >= 11 is 0. The zero-order valence-corrected chi connectivity index (χ0v) is 7.30. The molecule has 0 aliphatic rings. The molecule has 0 heterocycles. The van der Waals surface area contributed by atoms with Crippen molar-refractivity contribution in [3.63, 3.8) is 0 Å². The number of rotatable bonds is 3. The summed E-state index contributed by atoms with van der Waals surface area (Å²) in [5, 5.41) is 0. The van der Waals surface area contributed by atoms with Crippen molar-refractivity contribution in [2.75, 3.05) is 5.75 Å². The maximum Gasteiger partial charge on any atom is 0.404 e. The van der Waals surface area contributed by atoms with Crippen molar-refractivity contribution in [3.8, 4) is 0 Å². The Morgan fingerprint density at radius 2 is 1.46 bits per heavy atom. The Morgan fingerprint density at radius 1 is 1.08 bits per heavy atom. The van der Waals surface area contributed by atoms with Crippen LogP contribution in [-0.4, -0.2) is 28.8 Å². The van der Waals surface area contributed by atoms with Crippen LogP contribution in [0.3, 0.4) is 0 Å². The Morgan fingerprint density at radius 3 is 1.69 bits per heavy atom. The zero-order chi connectivity index (χ0) is 10.9. The van der Waals surface area contributed by atoms with E-state index in [1.54, 1.807) is 0 Å². The number of nitrogens with one attached hydrogen (secondary N) is 1. The Hall–Kier alpha value is -0.420. The van der Waals surface area contributed by atoms with E-state index >= 15 is 0 Å². The lowest BCUT2D eigenvalue weighted by Gasteiger charge is -2.05. The number of halogens is 4. The van der Waals surface area contributed by atoms with Gasteiger partial charge in [-0.15, -0.1) is 0 Å². The minimum Gasteiger partial charge on any atom is -0.211 e. The average Bonchev–Trinajstić information content (AvgIpc) is 1.43. The first-order chi connectivity index (χ1) is 5.41. The van der Waals surface area contributed by atoms with Crippen LogP contribution in [0.5, 0.6) is 0 Å². The molecule has 0 aromatic rings. The number of alkyl halides is 3. The van der Waals surface area contributed by atoms with Gasteiger partial charge in [-0.3, -0.25) is 0 Å². The van der Waals surface area contributed by atoms with Crippen LogP contribution in [0.25, 0.3) is 0 Å². The van der Waals surface area contributed by atoms with Gasteiger partial charge in [-0.25, -0.2) is 8.42 Å². The van der Waals surface area contributed by atoms with Crippen molar-refractivity contribution in [3.05, 3.63) is 0 Å². The molecule has 0 aromatic heterocycles. The van der Waals surface area contributed by atoms with Gasteiger partial charge in [-0.2, -0.15) is 21.6 Å². The molecule has 80 valence electrons. The van der Waals surface area contributed by atoms with Crippen LogP contribution >= 0.6 is 0 Å². The number of hydrogen-bond acceptors (Lipinski definition) is 4. The third-order valence-electron chi connectivity index (χ3n) is 0.580. The van der Waals surface area contributed by atoms with Crippen LogP contribution in [0.2, 0.25) is 0 Å². The number of hydrogen-bond donors (Lipinski definition) is 1. The summed E-state index contributed by atoms with van der Waals surface area (Å²) in [5.74, 6) is -2.46. The lowest BCUT2D eigenvalue weighted by Crippen LogP contribution is -2.35. The average molecular weight is 245 g/mol. The molecule has 0 amide bonds. The normalized spacial score (nSPS) is 14.5. The van der Waals surface area contributed by atoms with E-state index in [0.29, 0.717) is 0 Å². The Balaban J connectivity index is 4.65. The van der Waals surface area contributed by atoms with E-state index in [4.69, 9.17) is 0 Å². The quantitative estimate of drug-likeness (QED) is 0.546. The van der Waals surface area contributed by atoms with Gasteiger partial charge in [0.15, 0.2) is 5.75 Å². The molecule has 0 radical (unpaired) electrons. The summed E-state index contributed by atoms with van der Waals surface area (Å²) < 4.78 is 85.6. The van der Waals surface area contributed by atoms with Crippen molar-refractivity contribution in [2.45, 2.75) is 6.18 Å². The first-order valence-corrected chi connectivity index (χ1v) is 5.47. The van der Waals surface area contributed by atoms with Crippen molar-refractivity contribution < 1.29 is 33.9 Å². The van der Waals surface area contributed by atoms with Gasteiger partial charge in [-0.1, -0.05) is 8.01 Å². The van der Waals surface area contributed by atoms with E-state index in [1.165, 1.54) is 0 Å². The highest BCUT2D eigenvalue weighted by atomic mass is 32.3. The van der Waals surface area contributed by atoms with Crippen LogP contribution in [0.15, 0.2) is 0 Å². The summed E-state index contributed by atoms with van der Waals surface area (Å²) in [6.45, 7) is 0. The molecule has 11 heteroatoms. The third kappa shape index (κ3) is 7.93.